The number of nitrogen functional groups attached to an aromatic ring is 1. The molecular formula is C16H26N4O. The van der Waals surface area contributed by atoms with Crippen LogP contribution in [0.3, 0.4) is 0 Å². The van der Waals surface area contributed by atoms with Crippen molar-refractivity contribution in [1.29, 1.82) is 0 Å². The van der Waals surface area contributed by atoms with E-state index in [9.17, 15) is 4.79 Å². The van der Waals surface area contributed by atoms with Gasteiger partial charge in [-0.3, -0.25) is 9.69 Å². The number of rotatable bonds is 3. The topological polar surface area (TPSA) is 61.6 Å². The van der Waals surface area contributed by atoms with E-state index in [4.69, 9.17) is 5.73 Å². The minimum absolute atomic E-state index is 0.0409. The molecule has 1 aliphatic heterocycles. The first-order chi connectivity index (χ1) is 9.88. The summed E-state index contributed by atoms with van der Waals surface area (Å²) in [5, 5.41) is 3.04. The number of hydrogen-bond donors (Lipinski definition) is 2. The van der Waals surface area contributed by atoms with Gasteiger partial charge in [-0.2, -0.15) is 0 Å². The number of nitrogens with zero attached hydrogens (tertiary/aromatic N) is 2. The highest BCUT2D eigenvalue weighted by molar-refractivity contribution is 5.96. The van der Waals surface area contributed by atoms with Crippen LogP contribution in [0.4, 0.5) is 5.69 Å². The van der Waals surface area contributed by atoms with Gasteiger partial charge in [-0.25, -0.2) is 0 Å². The Labute approximate surface area is 127 Å². The maximum atomic E-state index is 12.4. The number of benzene rings is 1. The summed E-state index contributed by atoms with van der Waals surface area (Å²) >= 11 is 0. The Balaban J connectivity index is 2.00. The number of carbonyl (C=O) groups excluding carboxylic acids is 1. The predicted molar refractivity (Wildman–Crippen MR) is 86.6 cm³/mol. The molecule has 5 heteroatoms. The first-order valence-corrected chi connectivity index (χ1v) is 7.42. The number of hydrogen-bond acceptors (Lipinski definition) is 4. The zero-order valence-corrected chi connectivity index (χ0v) is 13.4. The Morgan fingerprint density at radius 1 is 1.29 bits per heavy atom. The Kier molecular flexibility index (Phi) is 4.85. The van der Waals surface area contributed by atoms with E-state index in [1.807, 2.05) is 19.9 Å². The highest BCUT2D eigenvalue weighted by Crippen LogP contribution is 2.17. The minimum Gasteiger partial charge on any atom is -0.398 e. The Morgan fingerprint density at radius 3 is 2.71 bits per heavy atom. The zero-order valence-electron chi connectivity index (χ0n) is 13.4. The molecule has 0 radical (unpaired) electrons. The summed E-state index contributed by atoms with van der Waals surface area (Å²) in [5.41, 5.74) is 9.23. The van der Waals surface area contributed by atoms with Crippen LogP contribution >= 0.6 is 0 Å². The molecule has 3 N–H and O–H groups in total. The van der Waals surface area contributed by atoms with Crippen molar-refractivity contribution in [3.63, 3.8) is 0 Å². The van der Waals surface area contributed by atoms with Crippen molar-refractivity contribution >= 4 is 11.6 Å². The van der Waals surface area contributed by atoms with Crippen LogP contribution in [-0.4, -0.2) is 62.0 Å². The summed E-state index contributed by atoms with van der Waals surface area (Å²) in [6.07, 6.45) is 0. The van der Waals surface area contributed by atoms with Crippen molar-refractivity contribution in [1.82, 2.24) is 15.1 Å². The quantitative estimate of drug-likeness (QED) is 0.811. The highest BCUT2D eigenvalue weighted by atomic mass is 16.1. The number of nitrogens with two attached hydrogens (primary N) is 1. The predicted octanol–water partition coefficient (Wildman–Crippen LogP) is 0.861. The fourth-order valence-corrected chi connectivity index (χ4v) is 2.74. The lowest BCUT2D eigenvalue weighted by atomic mass is 10.0. The normalized spacial score (nSPS) is 20.5. The van der Waals surface area contributed by atoms with E-state index in [2.05, 4.69) is 29.2 Å². The third kappa shape index (κ3) is 3.74. The molecule has 0 spiro atoms. The lowest BCUT2D eigenvalue weighted by Gasteiger charge is -2.37. The second kappa shape index (κ2) is 6.45. The smallest absolute Gasteiger partial charge is 0.251 e. The van der Waals surface area contributed by atoms with Gasteiger partial charge in [0.25, 0.3) is 5.91 Å². The maximum absolute atomic E-state index is 12.4. The lowest BCUT2D eigenvalue weighted by Crippen LogP contribution is -2.54. The number of carbonyl (C=O) groups is 1. The molecule has 0 bridgehead atoms. The van der Waals surface area contributed by atoms with Gasteiger partial charge in [0.2, 0.25) is 0 Å². The molecule has 5 nitrogen and oxygen atoms in total. The second-order valence-corrected chi connectivity index (χ2v) is 6.13. The highest BCUT2D eigenvalue weighted by Gasteiger charge is 2.22. The standard InChI is InChI=1S/C16H26N4O/c1-11-7-12(2)15(17)8-14(11)16(21)18-9-13-10-19(3)5-6-20(13)4/h7-8,13H,5-6,9-10,17H2,1-4H3,(H,18,21). The fourth-order valence-electron chi connectivity index (χ4n) is 2.74. The molecule has 1 atom stereocenters. The molecule has 1 fully saturated rings. The van der Waals surface area contributed by atoms with Crippen molar-refractivity contribution in [2.45, 2.75) is 19.9 Å². The van der Waals surface area contributed by atoms with Crippen LogP contribution in [0.1, 0.15) is 21.5 Å². The van der Waals surface area contributed by atoms with Crippen LogP contribution in [0.15, 0.2) is 12.1 Å². The number of piperazine rings is 1. The van der Waals surface area contributed by atoms with E-state index >= 15 is 0 Å². The maximum Gasteiger partial charge on any atom is 0.251 e. The van der Waals surface area contributed by atoms with Crippen LogP contribution in [0, 0.1) is 13.8 Å². The number of aryl methyl sites for hydroxylation is 2. The molecule has 116 valence electrons. The molecule has 0 aromatic heterocycles. The van der Waals surface area contributed by atoms with Crippen LogP contribution in [0.25, 0.3) is 0 Å². The summed E-state index contributed by atoms with van der Waals surface area (Å²) in [6, 6.07) is 4.09. The van der Waals surface area contributed by atoms with Gasteiger partial charge in [-0.15, -0.1) is 0 Å². The first kappa shape index (κ1) is 15.8. The van der Waals surface area contributed by atoms with Crippen molar-refractivity contribution < 1.29 is 4.79 Å². The van der Waals surface area contributed by atoms with Crippen molar-refractivity contribution in [3.8, 4) is 0 Å². The summed E-state index contributed by atoms with van der Waals surface area (Å²) in [5.74, 6) is -0.0409. The fraction of sp³-hybridized carbons (Fsp3) is 0.562. The van der Waals surface area contributed by atoms with E-state index in [-0.39, 0.29) is 5.91 Å². The van der Waals surface area contributed by atoms with Gasteiger partial charge in [0.15, 0.2) is 0 Å². The largest absolute Gasteiger partial charge is 0.398 e. The molecule has 0 aliphatic carbocycles. The lowest BCUT2D eigenvalue weighted by molar-refractivity contribution is 0.0880. The first-order valence-electron chi connectivity index (χ1n) is 7.42. The van der Waals surface area contributed by atoms with E-state index in [0.29, 0.717) is 23.8 Å². The average Bonchev–Trinajstić information content (AvgIpc) is 2.43. The summed E-state index contributed by atoms with van der Waals surface area (Å²) in [7, 11) is 4.23. The SMILES string of the molecule is Cc1cc(C)c(C(=O)NCC2CN(C)CCN2C)cc1N. The monoisotopic (exact) mass is 290 g/mol. The molecule has 1 aromatic rings. The zero-order chi connectivity index (χ0) is 15.6. The molecule has 21 heavy (non-hydrogen) atoms. The Morgan fingerprint density at radius 2 is 2.00 bits per heavy atom. The molecule has 1 aromatic carbocycles. The molecular weight excluding hydrogens is 264 g/mol. The van der Waals surface area contributed by atoms with Crippen LogP contribution in [-0.2, 0) is 0 Å². The molecule has 1 heterocycles. The van der Waals surface area contributed by atoms with Crippen LogP contribution < -0.4 is 11.1 Å². The van der Waals surface area contributed by atoms with Crippen molar-refractivity contribution in [2.24, 2.45) is 0 Å². The van der Waals surface area contributed by atoms with Crippen LogP contribution in [0.5, 0.6) is 0 Å². The van der Waals surface area contributed by atoms with E-state index in [0.717, 1.165) is 30.8 Å². The Hall–Kier alpha value is -1.59. The molecule has 1 amide bonds. The number of amides is 1. The Bertz CT molecular complexity index is 529. The van der Waals surface area contributed by atoms with E-state index in [1.54, 1.807) is 6.07 Å². The van der Waals surface area contributed by atoms with Gasteiger partial charge in [-0.05, 0) is 45.1 Å². The van der Waals surface area contributed by atoms with Gasteiger partial charge in [0.1, 0.15) is 0 Å². The third-order valence-electron chi connectivity index (χ3n) is 4.34. The molecule has 1 saturated heterocycles. The molecule has 2 rings (SSSR count). The summed E-state index contributed by atoms with van der Waals surface area (Å²) < 4.78 is 0. The van der Waals surface area contributed by atoms with Crippen LogP contribution in [0.2, 0.25) is 0 Å². The van der Waals surface area contributed by atoms with E-state index in [1.165, 1.54) is 0 Å². The minimum atomic E-state index is -0.0409. The van der Waals surface area contributed by atoms with Gasteiger partial charge in [0.05, 0.1) is 0 Å². The van der Waals surface area contributed by atoms with Gasteiger partial charge in [0, 0.05) is 43.5 Å². The van der Waals surface area contributed by atoms with E-state index < -0.39 is 0 Å². The summed E-state index contributed by atoms with van der Waals surface area (Å²) in [6.45, 7) is 7.65. The molecule has 0 saturated carbocycles. The summed E-state index contributed by atoms with van der Waals surface area (Å²) in [4.78, 5) is 17.0. The number of anilines is 1. The number of nitrogens with one attached hydrogen (secondary N) is 1. The number of likely N-dealkylation sites (N-methyl/N-ethyl adjacent to an activating group) is 2. The van der Waals surface area contributed by atoms with Gasteiger partial charge >= 0.3 is 0 Å². The third-order valence-corrected chi connectivity index (χ3v) is 4.34. The average molecular weight is 290 g/mol. The van der Waals surface area contributed by atoms with Gasteiger partial charge in [-0.1, -0.05) is 6.07 Å². The van der Waals surface area contributed by atoms with Gasteiger partial charge < -0.3 is 16.0 Å². The molecule has 1 unspecified atom stereocenters. The van der Waals surface area contributed by atoms with Crippen molar-refractivity contribution in [2.75, 3.05) is 46.0 Å². The van der Waals surface area contributed by atoms with Crippen molar-refractivity contribution in [3.05, 3.63) is 28.8 Å². The molecule has 1 aliphatic rings. The second-order valence-electron chi connectivity index (χ2n) is 6.13.